The zero-order valence-electron chi connectivity index (χ0n) is 6.88. The molecule has 1 fully saturated rings. The van der Waals surface area contributed by atoms with Crippen LogP contribution in [-0.2, 0) is 9.47 Å². The van der Waals surface area contributed by atoms with E-state index in [1.54, 1.807) is 6.26 Å². The summed E-state index contributed by atoms with van der Waals surface area (Å²) >= 11 is 0. The fourth-order valence-corrected chi connectivity index (χ4v) is 1.80. The van der Waals surface area contributed by atoms with E-state index in [2.05, 4.69) is 0 Å². The van der Waals surface area contributed by atoms with Crippen molar-refractivity contribution in [3.8, 4) is 0 Å². The number of hydrogen-bond donors (Lipinski definition) is 0. The molecule has 2 heteroatoms. The molecule has 0 aromatic carbocycles. The summed E-state index contributed by atoms with van der Waals surface area (Å²) in [7, 11) is 0. The van der Waals surface area contributed by atoms with Gasteiger partial charge in [-0.15, -0.1) is 0 Å². The van der Waals surface area contributed by atoms with Crippen LogP contribution in [0.25, 0.3) is 0 Å². The minimum atomic E-state index is 0.340. The Bertz CT molecular complexity index is 174. The molecule has 0 saturated heterocycles. The van der Waals surface area contributed by atoms with E-state index in [4.69, 9.17) is 9.47 Å². The van der Waals surface area contributed by atoms with Crippen LogP contribution in [0.2, 0.25) is 0 Å². The molecule has 0 aromatic rings. The van der Waals surface area contributed by atoms with Crippen LogP contribution in [-0.4, -0.2) is 12.2 Å². The highest BCUT2D eigenvalue weighted by Crippen LogP contribution is 2.28. The molecule has 2 atom stereocenters. The first-order chi connectivity index (χ1) is 5.36. The molecule has 62 valence electrons. The summed E-state index contributed by atoms with van der Waals surface area (Å²) in [6.45, 7) is 1.95. The van der Waals surface area contributed by atoms with Crippen molar-refractivity contribution in [1.29, 1.82) is 0 Å². The van der Waals surface area contributed by atoms with Crippen LogP contribution in [0.5, 0.6) is 0 Å². The average Bonchev–Trinajstić information content (AvgIpc) is 2.04. The second-order valence-electron chi connectivity index (χ2n) is 3.34. The van der Waals surface area contributed by atoms with Gasteiger partial charge in [-0.1, -0.05) is 0 Å². The summed E-state index contributed by atoms with van der Waals surface area (Å²) in [5.74, 6) is 0.924. The zero-order valence-corrected chi connectivity index (χ0v) is 6.88. The van der Waals surface area contributed by atoms with Gasteiger partial charge < -0.3 is 9.47 Å². The predicted octanol–water partition coefficient (Wildman–Crippen LogP) is 2.21. The lowest BCUT2D eigenvalue weighted by molar-refractivity contribution is -0.0680. The molecule has 0 bridgehead atoms. The Balaban J connectivity index is 2.04. The van der Waals surface area contributed by atoms with Gasteiger partial charge in [0.1, 0.15) is 24.2 Å². The standard InChI is InChI=1S/C9H14O2/c1-7-6-10-8-4-2-3-5-9(8)11-7/h6,8-9H,2-5H2,1H3/t8-,9-/m1/s1. The van der Waals surface area contributed by atoms with E-state index in [-0.39, 0.29) is 0 Å². The molecular formula is C9H14O2. The normalized spacial score (nSPS) is 36.3. The minimum absolute atomic E-state index is 0.340. The topological polar surface area (TPSA) is 18.5 Å². The molecule has 11 heavy (non-hydrogen) atoms. The molecule has 1 heterocycles. The van der Waals surface area contributed by atoms with Gasteiger partial charge in [0, 0.05) is 0 Å². The Kier molecular flexibility index (Phi) is 1.76. The van der Waals surface area contributed by atoms with Crippen molar-refractivity contribution in [2.45, 2.75) is 44.8 Å². The van der Waals surface area contributed by atoms with Gasteiger partial charge >= 0.3 is 0 Å². The first kappa shape index (κ1) is 7.01. The maximum absolute atomic E-state index is 5.63. The molecule has 0 amide bonds. The van der Waals surface area contributed by atoms with E-state index in [0.29, 0.717) is 12.2 Å². The lowest BCUT2D eigenvalue weighted by atomic mass is 9.94. The molecule has 1 aliphatic carbocycles. The van der Waals surface area contributed by atoms with Gasteiger partial charge in [-0.25, -0.2) is 0 Å². The lowest BCUT2D eigenvalue weighted by Gasteiger charge is -2.34. The van der Waals surface area contributed by atoms with Gasteiger partial charge in [0.15, 0.2) is 0 Å². The third-order valence-corrected chi connectivity index (χ3v) is 2.39. The number of ether oxygens (including phenoxy) is 2. The van der Waals surface area contributed by atoms with Crippen molar-refractivity contribution in [1.82, 2.24) is 0 Å². The molecular weight excluding hydrogens is 140 g/mol. The summed E-state index contributed by atoms with van der Waals surface area (Å²) in [6.07, 6.45) is 7.33. The monoisotopic (exact) mass is 154 g/mol. The first-order valence-electron chi connectivity index (χ1n) is 4.35. The summed E-state index contributed by atoms with van der Waals surface area (Å²) < 4.78 is 11.1. The van der Waals surface area contributed by atoms with Crippen molar-refractivity contribution in [2.75, 3.05) is 0 Å². The Morgan fingerprint density at radius 2 is 2.00 bits per heavy atom. The van der Waals surface area contributed by atoms with E-state index in [9.17, 15) is 0 Å². The van der Waals surface area contributed by atoms with Crippen LogP contribution in [0, 0.1) is 0 Å². The maximum Gasteiger partial charge on any atom is 0.135 e. The Morgan fingerprint density at radius 3 is 2.82 bits per heavy atom. The molecule has 0 aromatic heterocycles. The van der Waals surface area contributed by atoms with Gasteiger partial charge in [0.05, 0.1) is 0 Å². The predicted molar refractivity (Wildman–Crippen MR) is 42.0 cm³/mol. The highest BCUT2D eigenvalue weighted by molar-refractivity contribution is 4.92. The molecule has 0 unspecified atom stereocenters. The number of hydrogen-bond acceptors (Lipinski definition) is 2. The molecule has 1 aliphatic heterocycles. The molecule has 1 saturated carbocycles. The van der Waals surface area contributed by atoms with Crippen molar-refractivity contribution in [2.24, 2.45) is 0 Å². The Labute approximate surface area is 67.2 Å². The van der Waals surface area contributed by atoms with Crippen LogP contribution < -0.4 is 0 Å². The Hall–Kier alpha value is -0.660. The second kappa shape index (κ2) is 2.76. The molecule has 2 nitrogen and oxygen atoms in total. The fourth-order valence-electron chi connectivity index (χ4n) is 1.80. The van der Waals surface area contributed by atoms with Crippen molar-refractivity contribution in [3.63, 3.8) is 0 Å². The van der Waals surface area contributed by atoms with Crippen LogP contribution >= 0.6 is 0 Å². The molecule has 2 aliphatic rings. The summed E-state index contributed by atoms with van der Waals surface area (Å²) in [5.41, 5.74) is 0. The molecule has 0 N–H and O–H groups in total. The van der Waals surface area contributed by atoms with E-state index in [1.807, 2.05) is 6.92 Å². The van der Waals surface area contributed by atoms with Crippen molar-refractivity contribution < 1.29 is 9.47 Å². The fraction of sp³-hybridized carbons (Fsp3) is 0.778. The summed E-state index contributed by atoms with van der Waals surface area (Å²) in [4.78, 5) is 0. The van der Waals surface area contributed by atoms with Gasteiger partial charge in [-0.3, -0.25) is 0 Å². The second-order valence-corrected chi connectivity index (χ2v) is 3.34. The van der Waals surface area contributed by atoms with Crippen molar-refractivity contribution in [3.05, 3.63) is 12.0 Å². The number of rotatable bonds is 0. The molecule has 2 rings (SSSR count). The first-order valence-corrected chi connectivity index (χ1v) is 4.35. The summed E-state index contributed by atoms with van der Waals surface area (Å²) in [6, 6.07) is 0. The molecule has 0 spiro atoms. The number of allylic oxidation sites excluding steroid dienone is 1. The van der Waals surface area contributed by atoms with Crippen LogP contribution in [0.15, 0.2) is 12.0 Å². The van der Waals surface area contributed by atoms with Crippen molar-refractivity contribution >= 4 is 0 Å². The SMILES string of the molecule is CC1=CO[C@@H]2CCCC[C@H]2O1. The van der Waals surface area contributed by atoms with Gasteiger partial charge in [-0.05, 0) is 32.6 Å². The van der Waals surface area contributed by atoms with E-state index in [1.165, 1.54) is 12.8 Å². The summed E-state index contributed by atoms with van der Waals surface area (Å²) in [5, 5.41) is 0. The quantitative estimate of drug-likeness (QED) is 0.532. The van der Waals surface area contributed by atoms with Gasteiger partial charge in [-0.2, -0.15) is 0 Å². The Morgan fingerprint density at radius 1 is 1.27 bits per heavy atom. The minimum Gasteiger partial charge on any atom is -0.491 e. The maximum atomic E-state index is 5.63. The lowest BCUT2D eigenvalue weighted by Crippen LogP contribution is -2.35. The van der Waals surface area contributed by atoms with Crippen LogP contribution in [0.3, 0.4) is 0 Å². The third kappa shape index (κ3) is 1.35. The van der Waals surface area contributed by atoms with Crippen LogP contribution in [0.4, 0.5) is 0 Å². The molecule has 0 radical (unpaired) electrons. The highest BCUT2D eigenvalue weighted by atomic mass is 16.6. The zero-order chi connectivity index (χ0) is 7.68. The highest BCUT2D eigenvalue weighted by Gasteiger charge is 2.30. The van der Waals surface area contributed by atoms with E-state index < -0.39 is 0 Å². The van der Waals surface area contributed by atoms with Gasteiger partial charge in [0.25, 0.3) is 0 Å². The largest absolute Gasteiger partial charge is 0.491 e. The van der Waals surface area contributed by atoms with E-state index >= 15 is 0 Å². The third-order valence-electron chi connectivity index (χ3n) is 2.39. The van der Waals surface area contributed by atoms with E-state index in [0.717, 1.165) is 18.6 Å². The van der Waals surface area contributed by atoms with Crippen LogP contribution in [0.1, 0.15) is 32.6 Å². The average molecular weight is 154 g/mol. The smallest absolute Gasteiger partial charge is 0.135 e. The number of fused-ring (bicyclic) bond motifs is 1. The van der Waals surface area contributed by atoms with Gasteiger partial charge in [0.2, 0.25) is 0 Å².